The van der Waals surface area contributed by atoms with Crippen molar-refractivity contribution in [1.29, 1.82) is 0 Å². The highest BCUT2D eigenvalue weighted by molar-refractivity contribution is 14.1. The van der Waals surface area contributed by atoms with E-state index in [2.05, 4.69) is 21.2 Å². The molecule has 0 aliphatic heterocycles. The van der Waals surface area contributed by atoms with Gasteiger partial charge in [-0.2, -0.15) is 5.10 Å². The van der Waals surface area contributed by atoms with Gasteiger partial charge in [0, 0.05) is 5.69 Å². The van der Waals surface area contributed by atoms with Crippen LogP contribution < -0.4 is 25.5 Å². The molecule has 3 N–H and O–H groups in total. The van der Waals surface area contributed by atoms with Crippen molar-refractivity contribution in [3.63, 3.8) is 0 Å². The Morgan fingerprint density at radius 2 is 1.76 bits per heavy atom. The van der Waals surface area contributed by atoms with Crippen molar-refractivity contribution in [1.82, 2.24) is 5.43 Å². The molecule has 0 bridgehead atoms. The predicted molar refractivity (Wildman–Crippen MR) is 152 cm³/mol. The van der Waals surface area contributed by atoms with Gasteiger partial charge >= 0.3 is 11.8 Å². The molecule has 3 aromatic carbocycles. The number of carbonyl (C=O) groups is 3. The summed E-state index contributed by atoms with van der Waals surface area (Å²) in [5.74, 6) is -2.19. The predicted octanol–water partition coefficient (Wildman–Crippen LogP) is 5.24. The summed E-state index contributed by atoms with van der Waals surface area (Å²) in [5, 5.41) is 9.10. The first-order chi connectivity index (χ1) is 18.2. The largest absolute Gasteiger partial charge is 0.490 e. The van der Waals surface area contributed by atoms with Crippen molar-refractivity contribution in [2.75, 3.05) is 23.8 Å². The number of carbonyl (C=O) groups excluding carboxylic acids is 3. The van der Waals surface area contributed by atoms with Crippen LogP contribution in [0.4, 0.5) is 15.8 Å². The summed E-state index contributed by atoms with van der Waals surface area (Å²) in [7, 11) is 0. The number of hydrazone groups is 1. The van der Waals surface area contributed by atoms with E-state index in [0.717, 1.165) is 0 Å². The highest BCUT2D eigenvalue weighted by Gasteiger charge is 2.16. The van der Waals surface area contributed by atoms with Crippen molar-refractivity contribution >= 4 is 81.1 Å². The first-order valence-corrected chi connectivity index (χ1v) is 12.7. The number of rotatable bonds is 9. The number of hydrogen-bond donors (Lipinski definition) is 3. The summed E-state index contributed by atoms with van der Waals surface area (Å²) >= 11 is 13.9. The van der Waals surface area contributed by atoms with Crippen molar-refractivity contribution in [3.05, 3.63) is 79.6 Å². The van der Waals surface area contributed by atoms with E-state index in [1.807, 2.05) is 22.6 Å². The fourth-order valence-corrected chi connectivity index (χ4v) is 4.06. The van der Waals surface area contributed by atoms with Crippen LogP contribution in [0.5, 0.6) is 11.5 Å². The lowest BCUT2D eigenvalue weighted by atomic mass is 10.2. The minimum Gasteiger partial charge on any atom is -0.490 e. The third-order valence-corrected chi connectivity index (χ3v) is 6.21. The Labute approximate surface area is 240 Å². The lowest BCUT2D eigenvalue weighted by Gasteiger charge is -2.14. The zero-order valence-corrected chi connectivity index (χ0v) is 23.4. The average Bonchev–Trinajstić information content (AvgIpc) is 2.87. The van der Waals surface area contributed by atoms with Gasteiger partial charge in [0.05, 0.1) is 32.1 Å². The maximum absolute atomic E-state index is 13.0. The van der Waals surface area contributed by atoms with E-state index in [9.17, 15) is 18.8 Å². The molecule has 13 heteroatoms. The van der Waals surface area contributed by atoms with Gasteiger partial charge in [-0.3, -0.25) is 14.4 Å². The highest BCUT2D eigenvalue weighted by atomic mass is 127. The van der Waals surface area contributed by atoms with Crippen LogP contribution in [0.2, 0.25) is 10.0 Å². The van der Waals surface area contributed by atoms with E-state index in [1.54, 1.807) is 31.2 Å². The standard InChI is InChI=1S/C25H20Cl2FIN4O5/c1-2-37-20-11-14(12-30-33-25(36)24(35)32-19-5-3-4-17(26)22(19)27)10-18(29)23(20)38-13-21(34)31-16-8-6-15(28)7-9-16/h3-12H,2,13H2,1H3,(H,31,34)(H,32,35)(H,33,36)/b30-12-. The number of nitrogens with zero attached hydrogens (tertiary/aromatic N) is 1. The molecule has 9 nitrogen and oxygen atoms in total. The Kier molecular flexibility index (Phi) is 10.7. The van der Waals surface area contributed by atoms with Gasteiger partial charge in [-0.1, -0.05) is 29.3 Å². The summed E-state index contributed by atoms with van der Waals surface area (Å²) in [4.78, 5) is 36.5. The second-order valence-electron chi connectivity index (χ2n) is 7.36. The smallest absolute Gasteiger partial charge is 0.329 e. The van der Waals surface area contributed by atoms with Crippen LogP contribution >= 0.6 is 45.8 Å². The first kappa shape index (κ1) is 29.1. The van der Waals surface area contributed by atoms with Gasteiger partial charge in [0.1, 0.15) is 5.82 Å². The van der Waals surface area contributed by atoms with Crippen LogP contribution in [-0.4, -0.2) is 37.1 Å². The topological polar surface area (TPSA) is 118 Å². The van der Waals surface area contributed by atoms with Crippen LogP contribution in [-0.2, 0) is 14.4 Å². The third kappa shape index (κ3) is 8.30. The van der Waals surface area contributed by atoms with Gasteiger partial charge in [0.2, 0.25) is 0 Å². The van der Waals surface area contributed by atoms with E-state index < -0.39 is 23.5 Å². The second-order valence-corrected chi connectivity index (χ2v) is 9.31. The minimum absolute atomic E-state index is 0.104. The van der Waals surface area contributed by atoms with Gasteiger partial charge in [-0.15, -0.1) is 0 Å². The molecule has 0 fully saturated rings. The molecule has 3 aromatic rings. The summed E-state index contributed by atoms with van der Waals surface area (Å²) in [5.41, 5.74) is 3.27. The minimum atomic E-state index is -1.02. The molecule has 0 saturated carbocycles. The van der Waals surface area contributed by atoms with Crippen LogP contribution in [0, 0.1) is 9.39 Å². The molecule has 0 aliphatic carbocycles. The molecule has 3 amide bonds. The number of hydrogen-bond acceptors (Lipinski definition) is 6. The van der Waals surface area contributed by atoms with E-state index >= 15 is 0 Å². The SMILES string of the molecule is CCOc1cc(/C=N\NC(=O)C(=O)Nc2cccc(Cl)c2Cl)cc(I)c1OCC(=O)Nc1ccc(F)cc1. The Balaban J connectivity index is 1.62. The van der Waals surface area contributed by atoms with Gasteiger partial charge in [-0.25, -0.2) is 9.82 Å². The van der Waals surface area contributed by atoms with Crippen LogP contribution in [0.25, 0.3) is 0 Å². The number of ether oxygens (including phenoxy) is 2. The molecule has 0 unspecified atom stereocenters. The Hall–Kier alpha value is -3.42. The molecule has 0 atom stereocenters. The normalized spacial score (nSPS) is 10.7. The van der Waals surface area contributed by atoms with Gasteiger partial charge < -0.3 is 20.1 Å². The molecule has 0 saturated heterocycles. The number of anilines is 2. The lowest BCUT2D eigenvalue weighted by molar-refractivity contribution is -0.136. The second kappa shape index (κ2) is 13.9. The fraction of sp³-hybridized carbons (Fsp3) is 0.120. The van der Waals surface area contributed by atoms with Crippen LogP contribution in [0.3, 0.4) is 0 Å². The van der Waals surface area contributed by atoms with Gasteiger partial charge in [0.15, 0.2) is 18.1 Å². The van der Waals surface area contributed by atoms with E-state index in [4.69, 9.17) is 32.7 Å². The van der Waals surface area contributed by atoms with Crippen molar-refractivity contribution in [2.45, 2.75) is 6.92 Å². The van der Waals surface area contributed by atoms with E-state index in [0.29, 0.717) is 32.9 Å². The molecular formula is C25H20Cl2FIN4O5. The fourth-order valence-electron chi connectivity index (χ4n) is 2.93. The molecule has 38 heavy (non-hydrogen) atoms. The van der Waals surface area contributed by atoms with E-state index in [-0.39, 0.29) is 22.3 Å². The van der Waals surface area contributed by atoms with Crippen molar-refractivity contribution < 1.29 is 28.2 Å². The number of amides is 3. The maximum atomic E-state index is 13.0. The Morgan fingerprint density at radius 3 is 2.47 bits per heavy atom. The molecule has 0 heterocycles. The molecule has 198 valence electrons. The van der Waals surface area contributed by atoms with Gasteiger partial charge in [-0.05, 0) is 83.6 Å². The van der Waals surface area contributed by atoms with Gasteiger partial charge in [0.25, 0.3) is 5.91 Å². The van der Waals surface area contributed by atoms with E-state index in [1.165, 1.54) is 36.5 Å². The summed E-state index contributed by atoms with van der Waals surface area (Å²) in [6, 6.07) is 13.2. The van der Waals surface area contributed by atoms with Crippen molar-refractivity contribution in [3.8, 4) is 11.5 Å². The molecule has 0 aromatic heterocycles. The number of halogens is 4. The quantitative estimate of drug-likeness (QED) is 0.124. The zero-order chi connectivity index (χ0) is 27.7. The molecule has 0 aliphatic rings. The monoisotopic (exact) mass is 672 g/mol. The molecule has 0 radical (unpaired) electrons. The summed E-state index contributed by atoms with van der Waals surface area (Å²) in [6.07, 6.45) is 1.31. The first-order valence-electron chi connectivity index (χ1n) is 10.9. The third-order valence-electron chi connectivity index (χ3n) is 4.59. The Morgan fingerprint density at radius 1 is 1.03 bits per heavy atom. The maximum Gasteiger partial charge on any atom is 0.329 e. The molecule has 3 rings (SSSR count). The number of nitrogens with one attached hydrogen (secondary N) is 3. The average molecular weight is 673 g/mol. The summed E-state index contributed by atoms with van der Waals surface area (Å²) < 4.78 is 25.0. The lowest BCUT2D eigenvalue weighted by Crippen LogP contribution is -2.32. The van der Waals surface area contributed by atoms with Crippen molar-refractivity contribution in [2.24, 2.45) is 5.10 Å². The molecule has 0 spiro atoms. The van der Waals surface area contributed by atoms with Crippen LogP contribution in [0.15, 0.2) is 59.7 Å². The highest BCUT2D eigenvalue weighted by Crippen LogP contribution is 2.34. The molecular weight excluding hydrogens is 653 g/mol. The zero-order valence-electron chi connectivity index (χ0n) is 19.7. The van der Waals surface area contributed by atoms with Crippen LogP contribution in [0.1, 0.15) is 12.5 Å². The summed E-state index contributed by atoms with van der Waals surface area (Å²) in [6.45, 7) is 1.78. The Bertz CT molecular complexity index is 1370. The number of benzene rings is 3.